The minimum absolute atomic E-state index is 0.0964. The fraction of sp³-hybridized carbons (Fsp3) is 0.300. The first-order valence-corrected chi connectivity index (χ1v) is 11.8. The van der Waals surface area contributed by atoms with E-state index in [9.17, 15) is 17.6 Å². The van der Waals surface area contributed by atoms with Gasteiger partial charge in [-0.2, -0.15) is 4.31 Å². The molecule has 1 saturated heterocycles. The molecule has 1 aliphatic rings. The lowest BCUT2D eigenvalue weighted by Gasteiger charge is -2.24. The number of sulfonamides is 1. The maximum atomic E-state index is 13.0. The number of halogens is 1. The standard InChI is InChI=1S/C20H20FN3O4S2/c21-15-6-4-14(5-7-15)12-16-13-22-20(29-16)23-19(25)17-8-9-18(28-17)30(26,27)24-10-2-1-3-11-24/h4-9,13H,1-3,10-12H2,(H,22,23,25). The number of anilines is 1. The van der Waals surface area contributed by atoms with E-state index >= 15 is 0 Å². The van der Waals surface area contributed by atoms with E-state index in [0.717, 1.165) is 29.7 Å². The number of nitrogens with zero attached hydrogens (tertiary/aromatic N) is 2. The van der Waals surface area contributed by atoms with Crippen LogP contribution in [-0.4, -0.2) is 36.7 Å². The van der Waals surface area contributed by atoms with Gasteiger partial charge in [-0.3, -0.25) is 10.1 Å². The van der Waals surface area contributed by atoms with E-state index in [-0.39, 0.29) is 16.7 Å². The normalized spacial score (nSPS) is 15.2. The molecule has 0 atom stereocenters. The Bertz CT molecular complexity index is 1130. The van der Waals surface area contributed by atoms with Crippen molar-refractivity contribution >= 4 is 32.4 Å². The molecule has 1 aromatic carbocycles. The van der Waals surface area contributed by atoms with E-state index in [4.69, 9.17) is 4.42 Å². The predicted molar refractivity (Wildman–Crippen MR) is 111 cm³/mol. The summed E-state index contributed by atoms with van der Waals surface area (Å²) in [5, 5.41) is 2.76. The zero-order valence-electron chi connectivity index (χ0n) is 16.0. The molecule has 0 radical (unpaired) electrons. The van der Waals surface area contributed by atoms with E-state index in [1.165, 1.54) is 39.9 Å². The fourth-order valence-corrected chi connectivity index (χ4v) is 5.49. The largest absolute Gasteiger partial charge is 0.438 e. The van der Waals surface area contributed by atoms with E-state index in [1.54, 1.807) is 18.3 Å². The third-order valence-electron chi connectivity index (χ3n) is 4.78. The van der Waals surface area contributed by atoms with Crippen LogP contribution >= 0.6 is 11.3 Å². The summed E-state index contributed by atoms with van der Waals surface area (Å²) in [5.41, 5.74) is 0.927. The van der Waals surface area contributed by atoms with Gasteiger partial charge >= 0.3 is 0 Å². The number of thiazole rings is 1. The molecule has 3 heterocycles. The zero-order chi connectivity index (χ0) is 21.1. The van der Waals surface area contributed by atoms with E-state index < -0.39 is 15.9 Å². The maximum absolute atomic E-state index is 13.0. The molecular formula is C20H20FN3O4S2. The van der Waals surface area contributed by atoms with Crippen LogP contribution in [-0.2, 0) is 16.4 Å². The van der Waals surface area contributed by atoms with E-state index in [1.807, 2.05) is 0 Å². The molecule has 30 heavy (non-hydrogen) atoms. The molecule has 2 aromatic heterocycles. The Hall–Kier alpha value is -2.56. The van der Waals surface area contributed by atoms with Gasteiger partial charge in [-0.05, 0) is 42.7 Å². The fourth-order valence-electron chi connectivity index (χ4n) is 3.22. The van der Waals surface area contributed by atoms with Crippen LogP contribution < -0.4 is 5.32 Å². The summed E-state index contributed by atoms with van der Waals surface area (Å²) in [6, 6.07) is 8.83. The molecule has 0 unspecified atom stereocenters. The van der Waals surface area contributed by atoms with Gasteiger partial charge in [0.25, 0.3) is 15.9 Å². The highest BCUT2D eigenvalue weighted by Gasteiger charge is 2.29. The molecule has 158 valence electrons. The van der Waals surface area contributed by atoms with E-state index in [2.05, 4.69) is 10.3 Å². The van der Waals surface area contributed by atoms with Gasteiger partial charge in [0.05, 0.1) is 0 Å². The Morgan fingerprint density at radius 3 is 2.60 bits per heavy atom. The number of benzene rings is 1. The molecule has 7 nitrogen and oxygen atoms in total. The average Bonchev–Trinajstić information content (AvgIpc) is 3.41. The number of hydrogen-bond donors (Lipinski definition) is 1. The molecule has 1 fully saturated rings. The van der Waals surface area contributed by atoms with Crippen molar-refractivity contribution in [2.45, 2.75) is 30.8 Å². The monoisotopic (exact) mass is 449 g/mol. The molecule has 1 N–H and O–H groups in total. The van der Waals surface area contributed by atoms with Crippen LogP contribution in [0.5, 0.6) is 0 Å². The highest BCUT2D eigenvalue weighted by Crippen LogP contribution is 2.25. The molecule has 0 bridgehead atoms. The first kappa shape index (κ1) is 20.7. The second-order valence-corrected chi connectivity index (χ2v) is 9.96. The van der Waals surface area contributed by atoms with Crippen molar-refractivity contribution in [2.75, 3.05) is 18.4 Å². The second-order valence-electron chi connectivity index (χ2n) is 6.97. The minimum atomic E-state index is -3.73. The number of carbonyl (C=O) groups excluding carboxylic acids is 1. The number of piperidine rings is 1. The molecule has 4 rings (SSSR count). The zero-order valence-corrected chi connectivity index (χ0v) is 17.6. The summed E-state index contributed by atoms with van der Waals surface area (Å²) in [7, 11) is -3.73. The Morgan fingerprint density at radius 2 is 1.87 bits per heavy atom. The van der Waals surface area contributed by atoms with Crippen molar-refractivity contribution in [3.05, 3.63) is 64.6 Å². The molecule has 1 aliphatic heterocycles. The third-order valence-corrected chi connectivity index (χ3v) is 7.47. The van der Waals surface area contributed by atoms with Gasteiger partial charge in [0, 0.05) is 30.6 Å². The molecule has 3 aromatic rings. The van der Waals surface area contributed by atoms with Crippen LogP contribution in [0.2, 0.25) is 0 Å². The van der Waals surface area contributed by atoms with Gasteiger partial charge in [-0.1, -0.05) is 18.6 Å². The summed E-state index contributed by atoms with van der Waals surface area (Å²) < 4.78 is 45.0. The first-order valence-electron chi connectivity index (χ1n) is 9.52. The highest BCUT2D eigenvalue weighted by atomic mass is 32.2. The van der Waals surface area contributed by atoms with Crippen molar-refractivity contribution in [2.24, 2.45) is 0 Å². The summed E-state index contributed by atoms with van der Waals surface area (Å²) in [4.78, 5) is 17.5. The number of carbonyl (C=O) groups is 1. The molecule has 10 heteroatoms. The number of furan rings is 1. The number of nitrogens with one attached hydrogen (secondary N) is 1. The third kappa shape index (κ3) is 4.61. The Morgan fingerprint density at radius 1 is 1.13 bits per heavy atom. The minimum Gasteiger partial charge on any atom is -0.438 e. The number of rotatable bonds is 6. The lowest BCUT2D eigenvalue weighted by atomic mass is 10.1. The average molecular weight is 450 g/mol. The second kappa shape index (κ2) is 8.66. The van der Waals surface area contributed by atoms with Crippen LogP contribution in [0.1, 0.15) is 40.3 Å². The lowest BCUT2D eigenvalue weighted by molar-refractivity contribution is 0.0991. The summed E-state index contributed by atoms with van der Waals surface area (Å²) in [5.74, 6) is -0.963. The Labute approximate surface area is 177 Å². The van der Waals surface area contributed by atoms with Gasteiger partial charge < -0.3 is 4.42 Å². The SMILES string of the molecule is O=C(Nc1ncc(Cc2ccc(F)cc2)s1)c1ccc(S(=O)(=O)N2CCCCC2)o1. The topological polar surface area (TPSA) is 92.5 Å². The Kier molecular flexibility index (Phi) is 5.98. The molecule has 0 aliphatic carbocycles. The van der Waals surface area contributed by atoms with Crippen molar-refractivity contribution in [3.8, 4) is 0 Å². The van der Waals surface area contributed by atoms with Crippen LogP contribution in [0.3, 0.4) is 0 Å². The summed E-state index contributed by atoms with van der Waals surface area (Å²) >= 11 is 1.29. The molecule has 0 saturated carbocycles. The number of hydrogen-bond acceptors (Lipinski definition) is 6. The predicted octanol–water partition coefficient (Wildman–Crippen LogP) is 3.89. The van der Waals surface area contributed by atoms with Gasteiger partial charge in [-0.25, -0.2) is 17.8 Å². The number of aromatic nitrogens is 1. The summed E-state index contributed by atoms with van der Waals surface area (Å²) in [6.07, 6.45) is 4.84. The van der Waals surface area contributed by atoms with Crippen LogP contribution in [0, 0.1) is 5.82 Å². The molecule has 0 spiro atoms. The van der Waals surface area contributed by atoms with Gasteiger partial charge in [0.2, 0.25) is 5.09 Å². The smallest absolute Gasteiger partial charge is 0.293 e. The van der Waals surface area contributed by atoms with Crippen molar-refractivity contribution in [1.82, 2.24) is 9.29 Å². The van der Waals surface area contributed by atoms with Crippen LogP contribution in [0.25, 0.3) is 0 Å². The first-order chi connectivity index (χ1) is 14.4. The lowest BCUT2D eigenvalue weighted by Crippen LogP contribution is -2.35. The van der Waals surface area contributed by atoms with Crippen molar-refractivity contribution in [1.29, 1.82) is 0 Å². The van der Waals surface area contributed by atoms with Crippen molar-refractivity contribution in [3.63, 3.8) is 0 Å². The Balaban J connectivity index is 1.41. The molecule has 1 amide bonds. The van der Waals surface area contributed by atoms with Gasteiger partial charge in [0.1, 0.15) is 5.82 Å². The van der Waals surface area contributed by atoms with Gasteiger partial charge in [-0.15, -0.1) is 11.3 Å². The van der Waals surface area contributed by atoms with Crippen molar-refractivity contribution < 1.29 is 22.0 Å². The van der Waals surface area contributed by atoms with Crippen LogP contribution in [0.15, 0.2) is 52.1 Å². The van der Waals surface area contributed by atoms with E-state index in [0.29, 0.717) is 24.6 Å². The van der Waals surface area contributed by atoms with Crippen LogP contribution in [0.4, 0.5) is 9.52 Å². The number of amides is 1. The quantitative estimate of drug-likeness (QED) is 0.616. The maximum Gasteiger partial charge on any atom is 0.293 e. The van der Waals surface area contributed by atoms with Gasteiger partial charge in [0.15, 0.2) is 10.9 Å². The summed E-state index contributed by atoms with van der Waals surface area (Å²) in [6.45, 7) is 0.918. The highest BCUT2D eigenvalue weighted by molar-refractivity contribution is 7.89. The molecular weight excluding hydrogens is 429 g/mol.